The first-order valence-corrected chi connectivity index (χ1v) is 5.45. The fourth-order valence-corrected chi connectivity index (χ4v) is 2.18. The summed E-state index contributed by atoms with van der Waals surface area (Å²) in [6, 6.07) is 0. The third-order valence-corrected chi connectivity index (χ3v) is 2.66. The van der Waals surface area contributed by atoms with Gasteiger partial charge in [0.2, 0.25) is 0 Å². The number of carbonyl (C=O) groups is 1. The summed E-state index contributed by atoms with van der Waals surface area (Å²) in [4.78, 5) is 10.6. The molecule has 1 fully saturated rings. The van der Waals surface area contributed by atoms with Crippen molar-refractivity contribution in [1.29, 1.82) is 0 Å². The maximum absolute atomic E-state index is 10.6. The molecule has 1 aliphatic rings. The van der Waals surface area contributed by atoms with Crippen molar-refractivity contribution in [3.8, 4) is 0 Å². The summed E-state index contributed by atoms with van der Waals surface area (Å²) < 4.78 is 5.71. The summed E-state index contributed by atoms with van der Waals surface area (Å²) in [5.41, 5.74) is 0. The number of hydrogen-bond donors (Lipinski definition) is 1. The summed E-state index contributed by atoms with van der Waals surface area (Å²) in [6.45, 7) is 4.06. The first-order valence-electron chi connectivity index (χ1n) is 5.45. The molecular weight excluding hydrogens is 180 g/mol. The molecule has 2 unspecified atom stereocenters. The SMILES string of the molecule is CC(C)OC1CCCC(CC(=O)O)C1. The van der Waals surface area contributed by atoms with E-state index in [0.29, 0.717) is 12.3 Å². The van der Waals surface area contributed by atoms with Crippen LogP contribution in [0.5, 0.6) is 0 Å². The lowest BCUT2D eigenvalue weighted by Gasteiger charge is -2.29. The number of carboxylic acid groups (broad SMARTS) is 1. The van der Waals surface area contributed by atoms with E-state index < -0.39 is 5.97 Å². The second-order valence-corrected chi connectivity index (χ2v) is 4.44. The second-order valence-electron chi connectivity index (χ2n) is 4.44. The molecular formula is C11H20O3. The molecule has 0 spiro atoms. The van der Waals surface area contributed by atoms with Crippen molar-refractivity contribution in [3.63, 3.8) is 0 Å². The molecule has 2 atom stereocenters. The number of ether oxygens (including phenoxy) is 1. The molecule has 0 aromatic rings. The van der Waals surface area contributed by atoms with Gasteiger partial charge < -0.3 is 9.84 Å². The minimum Gasteiger partial charge on any atom is -0.481 e. The lowest BCUT2D eigenvalue weighted by Crippen LogP contribution is -2.26. The van der Waals surface area contributed by atoms with Gasteiger partial charge in [0.1, 0.15) is 0 Å². The Morgan fingerprint density at radius 1 is 1.50 bits per heavy atom. The Labute approximate surface area is 85.5 Å². The van der Waals surface area contributed by atoms with Gasteiger partial charge in [0.25, 0.3) is 0 Å². The van der Waals surface area contributed by atoms with Gasteiger partial charge in [-0.3, -0.25) is 4.79 Å². The summed E-state index contributed by atoms with van der Waals surface area (Å²) in [7, 11) is 0. The van der Waals surface area contributed by atoms with Gasteiger partial charge in [0.15, 0.2) is 0 Å². The summed E-state index contributed by atoms with van der Waals surface area (Å²) in [5, 5.41) is 8.69. The Kier molecular flexibility index (Phi) is 4.39. The van der Waals surface area contributed by atoms with Crippen molar-refractivity contribution in [3.05, 3.63) is 0 Å². The molecule has 14 heavy (non-hydrogen) atoms. The topological polar surface area (TPSA) is 46.5 Å². The molecule has 1 rings (SSSR count). The van der Waals surface area contributed by atoms with Crippen LogP contribution < -0.4 is 0 Å². The van der Waals surface area contributed by atoms with Gasteiger partial charge in [-0.05, 0) is 39.0 Å². The van der Waals surface area contributed by atoms with Crippen LogP contribution in [0.4, 0.5) is 0 Å². The minimum atomic E-state index is -0.680. The quantitative estimate of drug-likeness (QED) is 0.758. The first kappa shape index (κ1) is 11.5. The van der Waals surface area contributed by atoms with Gasteiger partial charge in [-0.2, -0.15) is 0 Å². The van der Waals surface area contributed by atoms with E-state index in [1.54, 1.807) is 0 Å². The molecule has 0 radical (unpaired) electrons. The second kappa shape index (κ2) is 5.35. The number of hydrogen-bond acceptors (Lipinski definition) is 2. The van der Waals surface area contributed by atoms with E-state index in [2.05, 4.69) is 0 Å². The van der Waals surface area contributed by atoms with Crippen LogP contribution in [0, 0.1) is 5.92 Å². The first-order chi connectivity index (χ1) is 6.58. The standard InChI is InChI=1S/C11H20O3/c1-8(2)14-10-5-3-4-9(6-10)7-11(12)13/h8-10H,3-7H2,1-2H3,(H,12,13). The average Bonchev–Trinajstić information content (AvgIpc) is 2.01. The summed E-state index contributed by atoms with van der Waals surface area (Å²) in [6.07, 6.45) is 5.01. The highest BCUT2D eigenvalue weighted by atomic mass is 16.5. The molecule has 3 heteroatoms. The molecule has 0 bridgehead atoms. The van der Waals surface area contributed by atoms with Crippen molar-refractivity contribution >= 4 is 5.97 Å². The fourth-order valence-electron chi connectivity index (χ4n) is 2.18. The normalized spacial score (nSPS) is 27.9. The maximum Gasteiger partial charge on any atom is 0.303 e. The van der Waals surface area contributed by atoms with Gasteiger partial charge in [-0.15, -0.1) is 0 Å². The zero-order chi connectivity index (χ0) is 10.6. The molecule has 0 aliphatic heterocycles. The van der Waals surface area contributed by atoms with Crippen LogP contribution in [0.15, 0.2) is 0 Å². The van der Waals surface area contributed by atoms with Crippen molar-refractivity contribution < 1.29 is 14.6 Å². The number of rotatable bonds is 4. The third-order valence-electron chi connectivity index (χ3n) is 2.66. The highest BCUT2D eigenvalue weighted by Crippen LogP contribution is 2.29. The molecule has 0 heterocycles. The highest BCUT2D eigenvalue weighted by molar-refractivity contribution is 5.67. The van der Waals surface area contributed by atoms with Crippen molar-refractivity contribution in [1.82, 2.24) is 0 Å². The van der Waals surface area contributed by atoms with Gasteiger partial charge >= 0.3 is 5.97 Å². The van der Waals surface area contributed by atoms with Gasteiger partial charge in [-0.25, -0.2) is 0 Å². The average molecular weight is 200 g/mol. The van der Waals surface area contributed by atoms with Crippen LogP contribution >= 0.6 is 0 Å². The molecule has 1 N–H and O–H groups in total. The number of carboxylic acids is 1. The summed E-state index contributed by atoms with van der Waals surface area (Å²) in [5.74, 6) is -0.356. The lowest BCUT2D eigenvalue weighted by atomic mass is 9.85. The van der Waals surface area contributed by atoms with Crippen molar-refractivity contribution in [2.24, 2.45) is 5.92 Å². The highest BCUT2D eigenvalue weighted by Gasteiger charge is 2.24. The Hall–Kier alpha value is -0.570. The molecule has 0 aromatic heterocycles. The van der Waals surface area contributed by atoms with Crippen LogP contribution in [0.3, 0.4) is 0 Å². The van der Waals surface area contributed by atoms with Crippen molar-refractivity contribution in [2.45, 2.75) is 58.2 Å². The van der Waals surface area contributed by atoms with E-state index in [0.717, 1.165) is 25.7 Å². The van der Waals surface area contributed by atoms with E-state index in [1.807, 2.05) is 13.8 Å². The zero-order valence-electron chi connectivity index (χ0n) is 9.03. The Balaban J connectivity index is 2.32. The number of aliphatic carboxylic acids is 1. The van der Waals surface area contributed by atoms with Crippen LogP contribution in [0.25, 0.3) is 0 Å². The van der Waals surface area contributed by atoms with Crippen LogP contribution in [-0.4, -0.2) is 23.3 Å². The van der Waals surface area contributed by atoms with Crippen LogP contribution in [0.2, 0.25) is 0 Å². The van der Waals surface area contributed by atoms with Crippen LogP contribution in [-0.2, 0) is 9.53 Å². The molecule has 3 nitrogen and oxygen atoms in total. The molecule has 0 saturated heterocycles. The molecule has 0 aromatic carbocycles. The molecule has 1 saturated carbocycles. The minimum absolute atomic E-state index is 0.253. The third kappa shape index (κ3) is 4.09. The van der Waals surface area contributed by atoms with Gasteiger partial charge in [0, 0.05) is 6.42 Å². The van der Waals surface area contributed by atoms with E-state index in [4.69, 9.17) is 9.84 Å². The lowest BCUT2D eigenvalue weighted by molar-refractivity contribution is -0.138. The zero-order valence-corrected chi connectivity index (χ0v) is 9.03. The summed E-state index contributed by atoms with van der Waals surface area (Å²) >= 11 is 0. The van der Waals surface area contributed by atoms with Gasteiger partial charge in [-0.1, -0.05) is 6.42 Å². The van der Waals surface area contributed by atoms with E-state index >= 15 is 0 Å². The molecule has 1 aliphatic carbocycles. The fraction of sp³-hybridized carbons (Fsp3) is 0.909. The Morgan fingerprint density at radius 2 is 2.21 bits per heavy atom. The van der Waals surface area contributed by atoms with E-state index in [9.17, 15) is 4.79 Å². The molecule has 82 valence electrons. The van der Waals surface area contributed by atoms with Crippen LogP contribution in [0.1, 0.15) is 46.0 Å². The smallest absolute Gasteiger partial charge is 0.303 e. The Morgan fingerprint density at radius 3 is 2.79 bits per heavy atom. The predicted molar refractivity (Wildman–Crippen MR) is 54.2 cm³/mol. The van der Waals surface area contributed by atoms with E-state index in [1.165, 1.54) is 0 Å². The molecule has 0 amide bonds. The monoisotopic (exact) mass is 200 g/mol. The predicted octanol–water partition coefficient (Wildman–Crippen LogP) is 2.44. The Bertz CT molecular complexity index is 189. The maximum atomic E-state index is 10.6. The van der Waals surface area contributed by atoms with E-state index in [-0.39, 0.29) is 12.2 Å². The van der Waals surface area contributed by atoms with Gasteiger partial charge in [0.05, 0.1) is 12.2 Å². The largest absolute Gasteiger partial charge is 0.481 e. The van der Waals surface area contributed by atoms with Crippen molar-refractivity contribution in [2.75, 3.05) is 0 Å².